The van der Waals surface area contributed by atoms with Crippen molar-refractivity contribution < 1.29 is 0 Å². The Kier molecular flexibility index (Phi) is 1.81. The largest absolute Gasteiger partial charge is 0.296 e. The van der Waals surface area contributed by atoms with Crippen molar-refractivity contribution in [2.45, 2.75) is 6.92 Å². The molecule has 13 heavy (non-hydrogen) atoms. The summed E-state index contributed by atoms with van der Waals surface area (Å²) in [5.41, 5.74) is 1.71. The standard InChI is InChI=1S/C9H8ClN3/c1-6(2)9-12-5-7-8(10)11-3-4-13(7)9/h3-5H,1H2,2H3. The Bertz CT molecular complexity index is 473. The minimum atomic E-state index is 0.461. The summed E-state index contributed by atoms with van der Waals surface area (Å²) in [6.07, 6.45) is 5.15. The molecular weight excluding hydrogens is 186 g/mol. The van der Waals surface area contributed by atoms with Crippen molar-refractivity contribution in [3.8, 4) is 0 Å². The fourth-order valence-electron chi connectivity index (χ4n) is 1.21. The molecule has 2 heterocycles. The van der Waals surface area contributed by atoms with Crippen LogP contribution in [0.2, 0.25) is 5.15 Å². The monoisotopic (exact) mass is 193 g/mol. The van der Waals surface area contributed by atoms with Gasteiger partial charge >= 0.3 is 0 Å². The quantitative estimate of drug-likeness (QED) is 0.696. The molecule has 0 aromatic carbocycles. The Balaban J connectivity index is 2.83. The number of imidazole rings is 1. The third kappa shape index (κ3) is 1.21. The molecule has 0 aliphatic heterocycles. The topological polar surface area (TPSA) is 30.2 Å². The van der Waals surface area contributed by atoms with Gasteiger partial charge < -0.3 is 0 Å². The van der Waals surface area contributed by atoms with Crippen LogP contribution in [0.3, 0.4) is 0 Å². The van der Waals surface area contributed by atoms with Crippen LogP contribution >= 0.6 is 11.6 Å². The second-order valence-electron chi connectivity index (χ2n) is 2.84. The van der Waals surface area contributed by atoms with E-state index in [0.717, 1.165) is 16.9 Å². The van der Waals surface area contributed by atoms with Gasteiger partial charge in [-0.2, -0.15) is 0 Å². The van der Waals surface area contributed by atoms with Crippen LogP contribution in [0.15, 0.2) is 25.2 Å². The Morgan fingerprint density at radius 2 is 2.31 bits per heavy atom. The second kappa shape index (κ2) is 2.85. The zero-order valence-corrected chi connectivity index (χ0v) is 7.91. The molecule has 0 atom stereocenters. The summed E-state index contributed by atoms with van der Waals surface area (Å²) in [4.78, 5) is 8.15. The van der Waals surface area contributed by atoms with Crippen molar-refractivity contribution >= 4 is 22.7 Å². The Hall–Kier alpha value is -1.35. The van der Waals surface area contributed by atoms with Gasteiger partial charge in [-0.3, -0.25) is 4.40 Å². The molecule has 3 nitrogen and oxygen atoms in total. The molecule has 66 valence electrons. The van der Waals surface area contributed by atoms with E-state index in [1.807, 2.05) is 17.5 Å². The maximum Gasteiger partial charge on any atom is 0.154 e. The van der Waals surface area contributed by atoms with Crippen molar-refractivity contribution in [2.24, 2.45) is 0 Å². The fraction of sp³-hybridized carbons (Fsp3) is 0.111. The lowest BCUT2D eigenvalue weighted by molar-refractivity contribution is 1.08. The van der Waals surface area contributed by atoms with Crippen molar-refractivity contribution in [1.82, 2.24) is 14.4 Å². The van der Waals surface area contributed by atoms with Crippen molar-refractivity contribution in [1.29, 1.82) is 0 Å². The van der Waals surface area contributed by atoms with Gasteiger partial charge in [0.1, 0.15) is 11.3 Å². The van der Waals surface area contributed by atoms with Crippen LogP contribution in [0.25, 0.3) is 11.1 Å². The van der Waals surface area contributed by atoms with Gasteiger partial charge in [-0.15, -0.1) is 0 Å². The van der Waals surface area contributed by atoms with Gasteiger partial charge in [0, 0.05) is 12.4 Å². The number of hydrogen-bond donors (Lipinski definition) is 0. The fourth-order valence-corrected chi connectivity index (χ4v) is 1.41. The molecule has 2 aromatic heterocycles. The molecule has 0 spiro atoms. The third-order valence-electron chi connectivity index (χ3n) is 1.79. The van der Waals surface area contributed by atoms with E-state index in [0.29, 0.717) is 5.15 Å². The van der Waals surface area contributed by atoms with Crippen LogP contribution in [-0.4, -0.2) is 14.4 Å². The smallest absolute Gasteiger partial charge is 0.154 e. The van der Waals surface area contributed by atoms with Gasteiger partial charge in [0.05, 0.1) is 6.20 Å². The van der Waals surface area contributed by atoms with Crippen LogP contribution in [0.1, 0.15) is 12.7 Å². The highest BCUT2D eigenvalue weighted by Crippen LogP contribution is 2.18. The van der Waals surface area contributed by atoms with E-state index in [-0.39, 0.29) is 0 Å². The molecule has 0 aliphatic carbocycles. The number of fused-ring (bicyclic) bond motifs is 1. The van der Waals surface area contributed by atoms with E-state index >= 15 is 0 Å². The molecule has 0 bridgehead atoms. The number of hydrogen-bond acceptors (Lipinski definition) is 2. The molecule has 0 radical (unpaired) electrons. The molecule has 2 aromatic rings. The van der Waals surface area contributed by atoms with Gasteiger partial charge in [-0.1, -0.05) is 18.2 Å². The van der Waals surface area contributed by atoms with E-state index in [1.54, 1.807) is 12.4 Å². The summed E-state index contributed by atoms with van der Waals surface area (Å²) in [7, 11) is 0. The SMILES string of the molecule is C=C(C)c1ncc2c(Cl)nccn12. The number of halogens is 1. The van der Waals surface area contributed by atoms with Crippen LogP contribution < -0.4 is 0 Å². The summed E-state index contributed by atoms with van der Waals surface area (Å²) in [5.74, 6) is 0.819. The Labute approximate surface area is 80.7 Å². The zero-order valence-electron chi connectivity index (χ0n) is 7.16. The van der Waals surface area contributed by atoms with E-state index < -0.39 is 0 Å². The molecule has 0 aliphatic rings. The van der Waals surface area contributed by atoms with Crippen molar-refractivity contribution in [2.75, 3.05) is 0 Å². The molecule has 4 heteroatoms. The minimum absolute atomic E-state index is 0.461. The first-order valence-electron chi connectivity index (χ1n) is 3.83. The third-order valence-corrected chi connectivity index (χ3v) is 2.08. The molecule has 2 rings (SSSR count). The van der Waals surface area contributed by atoms with E-state index in [9.17, 15) is 0 Å². The molecular formula is C9H8ClN3. The first-order chi connectivity index (χ1) is 6.20. The molecule has 0 unspecified atom stereocenters. The number of aromatic nitrogens is 3. The molecule has 0 N–H and O–H groups in total. The lowest BCUT2D eigenvalue weighted by Crippen LogP contribution is -1.91. The summed E-state index contributed by atoms with van der Waals surface area (Å²) in [5, 5.41) is 0.461. The number of allylic oxidation sites excluding steroid dienone is 1. The van der Waals surface area contributed by atoms with Gasteiger partial charge in [-0.05, 0) is 12.5 Å². The predicted octanol–water partition coefficient (Wildman–Crippen LogP) is 2.42. The summed E-state index contributed by atoms with van der Waals surface area (Å²) < 4.78 is 1.87. The number of rotatable bonds is 1. The molecule has 0 saturated carbocycles. The lowest BCUT2D eigenvalue weighted by atomic mass is 10.3. The summed E-state index contributed by atoms with van der Waals surface area (Å²) in [6, 6.07) is 0. The summed E-state index contributed by atoms with van der Waals surface area (Å²) >= 11 is 5.87. The minimum Gasteiger partial charge on any atom is -0.296 e. The Morgan fingerprint density at radius 3 is 3.00 bits per heavy atom. The van der Waals surface area contributed by atoms with Crippen LogP contribution in [-0.2, 0) is 0 Å². The second-order valence-corrected chi connectivity index (χ2v) is 3.19. The van der Waals surface area contributed by atoms with Crippen LogP contribution in [0, 0.1) is 0 Å². The maximum absolute atomic E-state index is 5.87. The van der Waals surface area contributed by atoms with Crippen molar-refractivity contribution in [3.63, 3.8) is 0 Å². The normalized spacial score (nSPS) is 10.6. The van der Waals surface area contributed by atoms with Crippen molar-refractivity contribution in [3.05, 3.63) is 36.1 Å². The highest BCUT2D eigenvalue weighted by Gasteiger charge is 2.06. The highest BCUT2D eigenvalue weighted by atomic mass is 35.5. The number of nitrogens with zero attached hydrogens (tertiary/aromatic N) is 3. The van der Waals surface area contributed by atoms with Gasteiger partial charge in [0.25, 0.3) is 0 Å². The lowest BCUT2D eigenvalue weighted by Gasteiger charge is -1.99. The van der Waals surface area contributed by atoms with Gasteiger partial charge in [-0.25, -0.2) is 9.97 Å². The van der Waals surface area contributed by atoms with Crippen LogP contribution in [0.5, 0.6) is 0 Å². The molecule has 0 saturated heterocycles. The maximum atomic E-state index is 5.87. The summed E-state index contributed by atoms with van der Waals surface area (Å²) in [6.45, 7) is 5.74. The Morgan fingerprint density at radius 1 is 1.54 bits per heavy atom. The van der Waals surface area contributed by atoms with Crippen LogP contribution in [0.4, 0.5) is 0 Å². The average molecular weight is 194 g/mol. The highest BCUT2D eigenvalue weighted by molar-refractivity contribution is 6.32. The van der Waals surface area contributed by atoms with E-state index in [1.165, 1.54) is 0 Å². The first-order valence-corrected chi connectivity index (χ1v) is 4.21. The van der Waals surface area contributed by atoms with Gasteiger partial charge in [0.2, 0.25) is 0 Å². The van der Waals surface area contributed by atoms with Gasteiger partial charge in [0.15, 0.2) is 5.15 Å². The predicted molar refractivity (Wildman–Crippen MR) is 52.7 cm³/mol. The molecule has 0 amide bonds. The first kappa shape index (κ1) is 8.26. The van der Waals surface area contributed by atoms with E-state index in [4.69, 9.17) is 11.6 Å². The molecule has 0 fully saturated rings. The zero-order chi connectivity index (χ0) is 9.42. The average Bonchev–Trinajstić information content (AvgIpc) is 2.48. The van der Waals surface area contributed by atoms with E-state index in [2.05, 4.69) is 16.5 Å².